The van der Waals surface area contributed by atoms with E-state index < -0.39 is 0 Å². The number of alkyl halides is 1. The Labute approximate surface area is 119 Å². The fourth-order valence-corrected chi connectivity index (χ4v) is 3.11. The summed E-state index contributed by atoms with van der Waals surface area (Å²) in [5.41, 5.74) is 2.37. The van der Waals surface area contributed by atoms with Gasteiger partial charge in [0.1, 0.15) is 16.9 Å². The quantitative estimate of drug-likeness (QED) is 0.547. The van der Waals surface area contributed by atoms with Crippen molar-refractivity contribution < 1.29 is 0 Å². The van der Waals surface area contributed by atoms with E-state index in [1.54, 1.807) is 24.3 Å². The summed E-state index contributed by atoms with van der Waals surface area (Å²) >= 11 is 7.61. The minimum absolute atomic E-state index is 0.170. The molecule has 3 aromatic heterocycles. The first-order chi connectivity index (χ1) is 9.25. The molecular formula is C12H12ClN5S. The Hall–Kier alpha value is -1.40. The molecule has 7 heteroatoms. The molecule has 3 aromatic rings. The maximum Gasteiger partial charge on any atom is 0.194 e. The van der Waals surface area contributed by atoms with Crippen LogP contribution < -0.4 is 0 Å². The molecule has 0 fully saturated rings. The van der Waals surface area contributed by atoms with Crippen molar-refractivity contribution >= 4 is 40.2 Å². The molecular weight excluding hydrogens is 282 g/mol. The van der Waals surface area contributed by atoms with Crippen molar-refractivity contribution in [2.24, 2.45) is 0 Å². The second-order valence-electron chi connectivity index (χ2n) is 4.21. The fourth-order valence-electron chi connectivity index (χ4n) is 1.77. The average molecular weight is 294 g/mol. The molecule has 5 nitrogen and oxygen atoms in total. The molecule has 1 atom stereocenters. The molecule has 3 heterocycles. The van der Waals surface area contributed by atoms with Crippen molar-refractivity contribution in [2.45, 2.75) is 23.7 Å². The molecule has 0 aliphatic heterocycles. The van der Waals surface area contributed by atoms with Crippen LogP contribution in [-0.4, -0.2) is 35.7 Å². The first-order valence-electron chi connectivity index (χ1n) is 5.97. The third-order valence-electron chi connectivity index (χ3n) is 2.71. The van der Waals surface area contributed by atoms with E-state index in [2.05, 4.69) is 20.2 Å². The largest absolute Gasteiger partial charge is 0.261 e. The highest BCUT2D eigenvalue weighted by Gasteiger charge is 2.11. The summed E-state index contributed by atoms with van der Waals surface area (Å²) in [6.07, 6.45) is 4.34. The zero-order valence-corrected chi connectivity index (χ0v) is 11.9. The van der Waals surface area contributed by atoms with Crippen LogP contribution in [0.4, 0.5) is 0 Å². The lowest BCUT2D eigenvalue weighted by molar-refractivity contribution is 0.904. The topological polar surface area (TPSA) is 56.0 Å². The standard InChI is InChI=1S/C12H12ClN5S/c1-8(13)4-6-19-12-11-17-15-7-18(11)10-9(16-12)3-2-5-14-10/h2-3,5,7-8H,4,6H2,1H3. The molecule has 0 bridgehead atoms. The molecule has 19 heavy (non-hydrogen) atoms. The minimum Gasteiger partial charge on any atom is -0.261 e. The Balaban J connectivity index is 2.04. The van der Waals surface area contributed by atoms with E-state index >= 15 is 0 Å². The van der Waals surface area contributed by atoms with Crippen LogP contribution in [0.25, 0.3) is 16.8 Å². The van der Waals surface area contributed by atoms with E-state index in [0.717, 1.165) is 34.0 Å². The Bertz CT molecular complexity index is 711. The van der Waals surface area contributed by atoms with Crippen LogP contribution in [-0.2, 0) is 0 Å². The molecule has 0 amide bonds. The second kappa shape index (κ2) is 5.30. The first kappa shape index (κ1) is 12.6. The third-order valence-corrected chi connectivity index (χ3v) is 3.92. The number of nitrogens with zero attached hydrogens (tertiary/aromatic N) is 5. The van der Waals surface area contributed by atoms with Crippen molar-refractivity contribution in [3.05, 3.63) is 24.7 Å². The predicted molar refractivity (Wildman–Crippen MR) is 76.7 cm³/mol. The van der Waals surface area contributed by atoms with E-state index in [1.807, 2.05) is 23.5 Å². The van der Waals surface area contributed by atoms with Gasteiger partial charge in [0, 0.05) is 17.3 Å². The predicted octanol–water partition coefficient (Wildman–Crippen LogP) is 2.78. The van der Waals surface area contributed by atoms with Crippen molar-refractivity contribution in [2.75, 3.05) is 5.75 Å². The van der Waals surface area contributed by atoms with Gasteiger partial charge in [-0.15, -0.1) is 33.6 Å². The molecule has 0 aliphatic carbocycles. The van der Waals surface area contributed by atoms with Gasteiger partial charge in [0.05, 0.1) is 0 Å². The number of halogens is 1. The maximum atomic E-state index is 5.96. The summed E-state index contributed by atoms with van der Waals surface area (Å²) in [7, 11) is 0. The van der Waals surface area contributed by atoms with Crippen molar-refractivity contribution in [3.63, 3.8) is 0 Å². The van der Waals surface area contributed by atoms with E-state index in [4.69, 9.17) is 11.6 Å². The van der Waals surface area contributed by atoms with Crippen LogP contribution >= 0.6 is 23.4 Å². The number of rotatable bonds is 4. The van der Waals surface area contributed by atoms with Gasteiger partial charge in [-0.1, -0.05) is 0 Å². The molecule has 3 rings (SSSR count). The molecule has 0 saturated heterocycles. The Morgan fingerprint density at radius 2 is 2.32 bits per heavy atom. The monoisotopic (exact) mass is 293 g/mol. The third kappa shape index (κ3) is 2.50. The number of hydrogen-bond acceptors (Lipinski definition) is 5. The summed E-state index contributed by atoms with van der Waals surface area (Å²) in [5, 5.41) is 9.11. The summed E-state index contributed by atoms with van der Waals surface area (Å²) in [6, 6.07) is 3.82. The Morgan fingerprint density at radius 3 is 3.16 bits per heavy atom. The molecule has 0 aliphatic rings. The Morgan fingerprint density at radius 1 is 1.42 bits per heavy atom. The molecule has 1 unspecified atom stereocenters. The van der Waals surface area contributed by atoms with Gasteiger partial charge in [-0.2, -0.15) is 0 Å². The molecule has 0 aromatic carbocycles. The number of fused-ring (bicyclic) bond motifs is 3. The molecule has 0 saturated carbocycles. The van der Waals surface area contributed by atoms with Crippen LogP contribution in [0.5, 0.6) is 0 Å². The van der Waals surface area contributed by atoms with Crippen LogP contribution in [0.15, 0.2) is 29.7 Å². The van der Waals surface area contributed by atoms with Crippen LogP contribution in [0.3, 0.4) is 0 Å². The first-order valence-corrected chi connectivity index (χ1v) is 7.39. The van der Waals surface area contributed by atoms with Gasteiger partial charge in [-0.05, 0) is 25.5 Å². The van der Waals surface area contributed by atoms with Gasteiger partial charge in [0.15, 0.2) is 11.3 Å². The summed E-state index contributed by atoms with van der Waals surface area (Å²) in [5.74, 6) is 0.909. The number of thioether (sulfide) groups is 1. The lowest BCUT2D eigenvalue weighted by Gasteiger charge is -2.06. The summed E-state index contributed by atoms with van der Waals surface area (Å²) in [6.45, 7) is 1.99. The van der Waals surface area contributed by atoms with E-state index in [1.165, 1.54) is 0 Å². The van der Waals surface area contributed by atoms with Gasteiger partial charge in [0.25, 0.3) is 0 Å². The number of pyridine rings is 1. The lowest BCUT2D eigenvalue weighted by atomic mass is 10.4. The highest BCUT2D eigenvalue weighted by molar-refractivity contribution is 7.99. The molecule has 0 spiro atoms. The van der Waals surface area contributed by atoms with E-state index in [-0.39, 0.29) is 5.38 Å². The molecule has 0 N–H and O–H groups in total. The zero-order valence-electron chi connectivity index (χ0n) is 10.3. The zero-order chi connectivity index (χ0) is 13.2. The van der Waals surface area contributed by atoms with Crippen molar-refractivity contribution in [1.82, 2.24) is 24.6 Å². The maximum absolute atomic E-state index is 5.96. The number of hydrogen-bond donors (Lipinski definition) is 0. The lowest BCUT2D eigenvalue weighted by Crippen LogP contribution is -1.98. The molecule has 0 radical (unpaired) electrons. The van der Waals surface area contributed by atoms with Crippen molar-refractivity contribution in [1.29, 1.82) is 0 Å². The van der Waals surface area contributed by atoms with Gasteiger partial charge in [-0.25, -0.2) is 9.97 Å². The number of aromatic nitrogens is 5. The average Bonchev–Trinajstić information content (AvgIpc) is 2.88. The van der Waals surface area contributed by atoms with E-state index in [9.17, 15) is 0 Å². The second-order valence-corrected chi connectivity index (χ2v) is 6.03. The van der Waals surface area contributed by atoms with Gasteiger partial charge >= 0.3 is 0 Å². The normalized spacial score (nSPS) is 13.2. The SMILES string of the molecule is CC(Cl)CCSc1nc2cccnc2n2cnnc12. The summed E-state index contributed by atoms with van der Waals surface area (Å²) < 4.78 is 1.87. The fraction of sp³-hybridized carbons (Fsp3) is 0.333. The van der Waals surface area contributed by atoms with Gasteiger partial charge in [-0.3, -0.25) is 4.40 Å². The Kier molecular flexibility index (Phi) is 3.52. The van der Waals surface area contributed by atoms with Gasteiger partial charge in [0.2, 0.25) is 0 Å². The minimum atomic E-state index is 0.170. The van der Waals surface area contributed by atoms with Crippen LogP contribution in [0, 0.1) is 0 Å². The van der Waals surface area contributed by atoms with Crippen LogP contribution in [0.2, 0.25) is 0 Å². The smallest absolute Gasteiger partial charge is 0.194 e. The summed E-state index contributed by atoms with van der Waals surface area (Å²) in [4.78, 5) is 8.93. The highest BCUT2D eigenvalue weighted by Crippen LogP contribution is 2.24. The highest BCUT2D eigenvalue weighted by atomic mass is 35.5. The van der Waals surface area contributed by atoms with Gasteiger partial charge < -0.3 is 0 Å². The molecule has 98 valence electrons. The van der Waals surface area contributed by atoms with E-state index in [0.29, 0.717) is 0 Å². The van der Waals surface area contributed by atoms with Crippen molar-refractivity contribution in [3.8, 4) is 0 Å². The van der Waals surface area contributed by atoms with Crippen LogP contribution in [0.1, 0.15) is 13.3 Å².